The van der Waals surface area contributed by atoms with Crippen molar-refractivity contribution >= 4 is 6.34 Å². The minimum atomic E-state index is 0.515. The fourth-order valence-electron chi connectivity index (χ4n) is 1.78. The highest BCUT2D eigenvalue weighted by Crippen LogP contribution is 2.17. The summed E-state index contributed by atoms with van der Waals surface area (Å²) in [5.74, 6) is 0. The molecule has 0 radical (unpaired) electrons. The van der Waals surface area contributed by atoms with E-state index in [2.05, 4.69) is 35.9 Å². The summed E-state index contributed by atoms with van der Waals surface area (Å²) < 4.78 is 0. The van der Waals surface area contributed by atoms with Crippen LogP contribution >= 0.6 is 0 Å². The van der Waals surface area contributed by atoms with E-state index in [9.17, 15) is 0 Å². The summed E-state index contributed by atoms with van der Waals surface area (Å²) in [5.41, 5.74) is 0. The number of nitrogens with zero attached hydrogens (tertiary/aromatic N) is 3. The molecule has 0 saturated carbocycles. The summed E-state index contributed by atoms with van der Waals surface area (Å²) >= 11 is 0. The van der Waals surface area contributed by atoms with Crippen LogP contribution in [0.3, 0.4) is 0 Å². The average molecular weight is 197 g/mol. The summed E-state index contributed by atoms with van der Waals surface area (Å²) in [4.78, 5) is 2.23. The second kappa shape index (κ2) is 5.89. The van der Waals surface area contributed by atoms with E-state index in [1.54, 1.807) is 0 Å². The molecule has 0 fully saturated rings. The van der Waals surface area contributed by atoms with Crippen molar-refractivity contribution < 1.29 is 0 Å². The molecule has 1 atom stereocenters. The molecule has 0 aromatic carbocycles. The van der Waals surface area contributed by atoms with Crippen molar-refractivity contribution in [3.05, 3.63) is 0 Å². The lowest BCUT2D eigenvalue weighted by atomic mass is 10.2. The Morgan fingerprint density at radius 1 is 1.21 bits per heavy atom. The lowest BCUT2D eigenvalue weighted by Gasteiger charge is -2.28. The topological polar surface area (TPSA) is 18.8 Å². The maximum atomic E-state index is 4.42. The highest BCUT2D eigenvalue weighted by molar-refractivity contribution is 5.56. The summed E-state index contributed by atoms with van der Waals surface area (Å²) in [5, 5.41) is 6.66. The van der Waals surface area contributed by atoms with Gasteiger partial charge in [0.1, 0.15) is 12.5 Å². The Hall–Kier alpha value is -0.730. The van der Waals surface area contributed by atoms with Crippen LogP contribution in [0.2, 0.25) is 0 Å². The van der Waals surface area contributed by atoms with Crippen molar-refractivity contribution in [3.63, 3.8) is 0 Å². The smallest absolute Gasteiger partial charge is 0.118 e. The Morgan fingerprint density at radius 3 is 2.57 bits per heavy atom. The Bertz CT molecular complexity index is 179. The number of rotatable bonds is 6. The Labute approximate surface area is 87.8 Å². The van der Waals surface area contributed by atoms with Gasteiger partial charge in [0.05, 0.1) is 0 Å². The van der Waals surface area contributed by atoms with Gasteiger partial charge in [0.15, 0.2) is 0 Å². The van der Waals surface area contributed by atoms with Crippen LogP contribution in [0, 0.1) is 0 Å². The molecular weight excluding hydrogens is 174 g/mol. The molecule has 0 spiro atoms. The molecule has 1 heterocycles. The van der Waals surface area contributed by atoms with Crippen LogP contribution in [0.1, 0.15) is 46.0 Å². The molecule has 0 aliphatic carbocycles. The molecule has 0 bridgehead atoms. The first-order valence-electron chi connectivity index (χ1n) is 5.82. The van der Waals surface area contributed by atoms with Crippen molar-refractivity contribution in [1.29, 1.82) is 0 Å². The quantitative estimate of drug-likeness (QED) is 0.651. The highest BCUT2D eigenvalue weighted by Gasteiger charge is 2.23. The van der Waals surface area contributed by atoms with Crippen LogP contribution in [0.25, 0.3) is 0 Å². The molecule has 3 nitrogen and oxygen atoms in total. The number of unbranched alkanes of at least 4 members (excludes halogenated alkanes) is 2. The molecule has 0 aromatic rings. The normalized spacial score (nSPS) is 20.9. The van der Waals surface area contributed by atoms with Crippen LogP contribution in [0.4, 0.5) is 0 Å². The van der Waals surface area contributed by atoms with Gasteiger partial charge in [0.2, 0.25) is 0 Å². The predicted octanol–water partition coefficient (Wildman–Crippen LogP) is 2.49. The SMILES string of the molecule is CCCCC1N(C)C=NN1CCCC. The molecule has 0 saturated heterocycles. The fraction of sp³-hybridized carbons (Fsp3) is 0.909. The van der Waals surface area contributed by atoms with E-state index in [1.807, 2.05) is 6.34 Å². The standard InChI is InChI=1S/C11H23N3/c1-4-6-8-11-13(3)10-12-14(11)9-7-5-2/h10-11H,4-9H2,1-3H3. The second-order valence-corrected chi connectivity index (χ2v) is 4.04. The third-order valence-corrected chi connectivity index (χ3v) is 2.75. The molecule has 1 unspecified atom stereocenters. The minimum Gasteiger partial charge on any atom is -0.343 e. The molecule has 14 heavy (non-hydrogen) atoms. The number of hydrogen-bond donors (Lipinski definition) is 0. The van der Waals surface area contributed by atoms with Gasteiger partial charge >= 0.3 is 0 Å². The van der Waals surface area contributed by atoms with E-state index < -0.39 is 0 Å². The Kier molecular flexibility index (Phi) is 4.77. The van der Waals surface area contributed by atoms with Crippen molar-refractivity contribution in [2.75, 3.05) is 13.6 Å². The average Bonchev–Trinajstić information content (AvgIpc) is 2.53. The molecular formula is C11H23N3. The van der Waals surface area contributed by atoms with Crippen LogP contribution in [0.5, 0.6) is 0 Å². The van der Waals surface area contributed by atoms with Gasteiger partial charge in [0.25, 0.3) is 0 Å². The predicted molar refractivity (Wildman–Crippen MR) is 61.2 cm³/mol. The second-order valence-electron chi connectivity index (χ2n) is 4.04. The Morgan fingerprint density at radius 2 is 1.93 bits per heavy atom. The van der Waals surface area contributed by atoms with Crippen molar-refractivity contribution in [1.82, 2.24) is 9.91 Å². The minimum absolute atomic E-state index is 0.515. The molecule has 82 valence electrons. The van der Waals surface area contributed by atoms with Gasteiger partial charge in [-0.2, -0.15) is 5.10 Å². The molecule has 0 amide bonds. The lowest BCUT2D eigenvalue weighted by molar-refractivity contribution is 0.133. The maximum Gasteiger partial charge on any atom is 0.118 e. The first-order chi connectivity index (χ1) is 6.79. The van der Waals surface area contributed by atoms with E-state index in [1.165, 1.54) is 32.1 Å². The number of hydrogen-bond acceptors (Lipinski definition) is 3. The van der Waals surface area contributed by atoms with Gasteiger partial charge in [-0.05, 0) is 19.3 Å². The lowest BCUT2D eigenvalue weighted by Crippen LogP contribution is -2.37. The van der Waals surface area contributed by atoms with Gasteiger partial charge in [-0.25, -0.2) is 0 Å². The van der Waals surface area contributed by atoms with Crippen molar-refractivity contribution in [2.45, 2.75) is 52.1 Å². The fourth-order valence-corrected chi connectivity index (χ4v) is 1.78. The largest absolute Gasteiger partial charge is 0.343 e. The van der Waals surface area contributed by atoms with Crippen LogP contribution in [-0.4, -0.2) is 36.0 Å². The first kappa shape index (κ1) is 11.3. The summed E-state index contributed by atoms with van der Waals surface area (Å²) in [6.45, 7) is 5.57. The molecule has 1 rings (SSSR count). The van der Waals surface area contributed by atoms with Crippen molar-refractivity contribution in [2.24, 2.45) is 5.10 Å². The van der Waals surface area contributed by atoms with Gasteiger partial charge in [-0.1, -0.05) is 26.7 Å². The molecule has 0 N–H and O–H groups in total. The van der Waals surface area contributed by atoms with Gasteiger partial charge in [-0.3, -0.25) is 5.01 Å². The van der Waals surface area contributed by atoms with E-state index in [-0.39, 0.29) is 0 Å². The van der Waals surface area contributed by atoms with Crippen LogP contribution < -0.4 is 0 Å². The van der Waals surface area contributed by atoms with Crippen molar-refractivity contribution in [3.8, 4) is 0 Å². The zero-order valence-corrected chi connectivity index (χ0v) is 9.74. The number of hydrazone groups is 1. The van der Waals surface area contributed by atoms with E-state index >= 15 is 0 Å². The summed E-state index contributed by atoms with van der Waals surface area (Å²) in [6.07, 6.45) is 8.76. The Balaban J connectivity index is 2.35. The maximum absolute atomic E-state index is 4.42. The van der Waals surface area contributed by atoms with E-state index in [0.29, 0.717) is 6.17 Å². The van der Waals surface area contributed by atoms with E-state index in [0.717, 1.165) is 6.54 Å². The third kappa shape index (κ3) is 2.89. The van der Waals surface area contributed by atoms with Gasteiger partial charge in [-0.15, -0.1) is 0 Å². The monoisotopic (exact) mass is 197 g/mol. The molecule has 0 aromatic heterocycles. The molecule has 1 aliphatic rings. The van der Waals surface area contributed by atoms with Crippen LogP contribution in [0.15, 0.2) is 5.10 Å². The first-order valence-corrected chi connectivity index (χ1v) is 5.82. The highest BCUT2D eigenvalue weighted by atomic mass is 15.6. The van der Waals surface area contributed by atoms with E-state index in [4.69, 9.17) is 0 Å². The molecule has 1 aliphatic heterocycles. The van der Waals surface area contributed by atoms with Gasteiger partial charge < -0.3 is 4.90 Å². The van der Waals surface area contributed by atoms with Gasteiger partial charge in [0, 0.05) is 13.6 Å². The zero-order chi connectivity index (χ0) is 10.4. The third-order valence-electron chi connectivity index (χ3n) is 2.75. The summed E-state index contributed by atoms with van der Waals surface area (Å²) in [6, 6.07) is 0. The van der Waals surface area contributed by atoms with Crippen LogP contribution in [-0.2, 0) is 0 Å². The zero-order valence-electron chi connectivity index (χ0n) is 9.74. The molecule has 3 heteroatoms. The summed E-state index contributed by atoms with van der Waals surface area (Å²) in [7, 11) is 2.12.